The van der Waals surface area contributed by atoms with Crippen LogP contribution < -0.4 is 0 Å². The van der Waals surface area contributed by atoms with Crippen molar-refractivity contribution in [2.45, 2.75) is 5.75 Å². The monoisotopic (exact) mass is 255 g/mol. The Labute approximate surface area is 99.9 Å². The van der Waals surface area contributed by atoms with E-state index in [9.17, 15) is 8.76 Å². The minimum Gasteiger partial charge on any atom is -0.772 e. The Morgan fingerprint density at radius 1 is 1.44 bits per heavy atom. The Morgan fingerprint density at radius 2 is 2.25 bits per heavy atom. The maximum atomic E-state index is 10.6. The summed E-state index contributed by atoms with van der Waals surface area (Å²) in [5, 5.41) is 6.98. The number of rotatable bonds is 3. The van der Waals surface area contributed by atoms with E-state index in [0.29, 0.717) is 10.6 Å². The third kappa shape index (κ3) is 2.49. The van der Waals surface area contributed by atoms with Gasteiger partial charge in [-0.1, -0.05) is 34.8 Å². The van der Waals surface area contributed by atoms with Gasteiger partial charge in [-0.3, -0.25) is 9.31 Å². The number of benzene rings is 1. The van der Waals surface area contributed by atoms with Crippen molar-refractivity contribution in [1.82, 2.24) is 10.2 Å². The molecule has 1 N–H and O–H groups in total. The second-order valence-corrected chi connectivity index (χ2v) is 4.54. The summed E-state index contributed by atoms with van der Waals surface area (Å²) in [6.07, 6.45) is 3.42. The molecule has 0 fully saturated rings. The molecule has 1 aromatic carbocycles. The number of aromatic nitrogens is 2. The first-order chi connectivity index (χ1) is 7.66. The van der Waals surface area contributed by atoms with Gasteiger partial charge in [0.05, 0.1) is 6.20 Å². The number of hydrogen-bond donors (Lipinski definition) is 1. The fourth-order valence-electron chi connectivity index (χ4n) is 1.38. The van der Waals surface area contributed by atoms with E-state index in [1.165, 1.54) is 0 Å². The van der Waals surface area contributed by atoms with Crippen LogP contribution in [-0.2, 0) is 16.8 Å². The summed E-state index contributed by atoms with van der Waals surface area (Å²) >= 11 is 3.86. The van der Waals surface area contributed by atoms with Gasteiger partial charge >= 0.3 is 0 Å². The molecule has 16 heavy (non-hydrogen) atoms. The number of halogens is 1. The Balaban J connectivity index is 2.33. The molecule has 4 nitrogen and oxygen atoms in total. The average Bonchev–Trinajstić information content (AvgIpc) is 2.73. The molecule has 0 aliphatic carbocycles. The largest absolute Gasteiger partial charge is 0.772 e. The summed E-state index contributed by atoms with van der Waals surface area (Å²) in [7, 11) is 0. The summed E-state index contributed by atoms with van der Waals surface area (Å²) in [5.41, 5.74) is 2.41. The van der Waals surface area contributed by atoms with Crippen LogP contribution in [0.3, 0.4) is 0 Å². The quantitative estimate of drug-likeness (QED) is 0.854. The zero-order valence-corrected chi connectivity index (χ0v) is 9.72. The normalized spacial score (nSPS) is 12.6. The van der Waals surface area contributed by atoms with Crippen molar-refractivity contribution in [3.8, 4) is 11.1 Å². The van der Waals surface area contributed by atoms with Crippen molar-refractivity contribution in [2.24, 2.45) is 0 Å². The second-order valence-electron chi connectivity index (χ2n) is 3.24. The SMILES string of the molecule is O=S([O-])Cc1ccc(-c2cn[nH]c2)cc1Cl. The molecule has 0 aliphatic heterocycles. The lowest BCUT2D eigenvalue weighted by Crippen LogP contribution is -1.94. The van der Waals surface area contributed by atoms with Crippen LogP contribution in [0, 0.1) is 0 Å². The topological polar surface area (TPSA) is 68.8 Å². The molecule has 1 heterocycles. The van der Waals surface area contributed by atoms with Crippen molar-refractivity contribution < 1.29 is 8.76 Å². The first-order valence-corrected chi connectivity index (χ1v) is 6.12. The fraction of sp³-hybridized carbons (Fsp3) is 0.100. The van der Waals surface area contributed by atoms with Gasteiger partial charge in [0, 0.05) is 22.5 Å². The summed E-state index contributed by atoms with van der Waals surface area (Å²) in [4.78, 5) is 0. The summed E-state index contributed by atoms with van der Waals surface area (Å²) in [6, 6.07) is 5.26. The zero-order valence-electron chi connectivity index (χ0n) is 8.14. The maximum Gasteiger partial charge on any atom is 0.0565 e. The molecule has 1 unspecified atom stereocenters. The van der Waals surface area contributed by atoms with E-state index in [2.05, 4.69) is 10.2 Å². The number of nitrogens with one attached hydrogen (secondary N) is 1. The van der Waals surface area contributed by atoms with Gasteiger partial charge in [-0.05, 0) is 17.2 Å². The van der Waals surface area contributed by atoms with Gasteiger partial charge in [-0.15, -0.1) is 0 Å². The Morgan fingerprint density at radius 3 is 2.81 bits per heavy atom. The van der Waals surface area contributed by atoms with Gasteiger partial charge in [-0.25, -0.2) is 0 Å². The predicted octanol–water partition coefficient (Wildman–Crippen LogP) is 2.11. The first-order valence-electron chi connectivity index (χ1n) is 4.50. The third-order valence-corrected chi connectivity index (χ3v) is 3.06. The highest BCUT2D eigenvalue weighted by atomic mass is 35.5. The molecule has 0 radical (unpaired) electrons. The molecule has 0 amide bonds. The third-order valence-electron chi connectivity index (χ3n) is 2.16. The molecule has 0 saturated carbocycles. The van der Waals surface area contributed by atoms with Gasteiger partial charge in [0.2, 0.25) is 0 Å². The molecular weight excluding hydrogens is 248 g/mol. The lowest BCUT2D eigenvalue weighted by atomic mass is 10.1. The molecule has 2 aromatic rings. The van der Waals surface area contributed by atoms with E-state index in [-0.39, 0.29) is 5.75 Å². The van der Waals surface area contributed by atoms with Crippen LogP contribution in [0.2, 0.25) is 5.02 Å². The van der Waals surface area contributed by atoms with Crippen LogP contribution in [0.5, 0.6) is 0 Å². The summed E-state index contributed by atoms with van der Waals surface area (Å²) in [6.45, 7) is 0. The zero-order chi connectivity index (χ0) is 11.5. The van der Waals surface area contributed by atoms with Crippen LogP contribution in [-0.4, -0.2) is 19.0 Å². The summed E-state index contributed by atoms with van der Waals surface area (Å²) in [5.74, 6) is -0.0650. The van der Waals surface area contributed by atoms with Crippen molar-refractivity contribution in [2.75, 3.05) is 0 Å². The van der Waals surface area contributed by atoms with E-state index in [1.54, 1.807) is 24.5 Å². The number of aromatic amines is 1. The molecule has 6 heteroatoms. The molecule has 1 atom stereocenters. The minimum absolute atomic E-state index is 0.0650. The lowest BCUT2D eigenvalue weighted by molar-refractivity contribution is 0.536. The van der Waals surface area contributed by atoms with E-state index >= 15 is 0 Å². The van der Waals surface area contributed by atoms with Gasteiger partial charge in [0.25, 0.3) is 0 Å². The maximum absolute atomic E-state index is 10.6. The number of hydrogen-bond acceptors (Lipinski definition) is 3. The van der Waals surface area contributed by atoms with Crippen LogP contribution in [0.1, 0.15) is 5.56 Å². The van der Waals surface area contributed by atoms with Gasteiger partial charge < -0.3 is 4.55 Å². The Kier molecular flexibility index (Phi) is 3.38. The molecule has 84 valence electrons. The predicted molar refractivity (Wildman–Crippen MR) is 61.7 cm³/mol. The highest BCUT2D eigenvalue weighted by Gasteiger charge is 2.04. The number of nitrogens with zero attached hydrogens (tertiary/aromatic N) is 1. The van der Waals surface area contributed by atoms with Crippen molar-refractivity contribution in [1.29, 1.82) is 0 Å². The smallest absolute Gasteiger partial charge is 0.0565 e. The molecular formula is C10H8ClN2O2S-. The van der Waals surface area contributed by atoms with Gasteiger partial charge in [-0.2, -0.15) is 5.10 Å². The highest BCUT2D eigenvalue weighted by Crippen LogP contribution is 2.25. The standard InChI is InChI=1S/C10H9ClN2O2S/c11-10-3-7(9-4-12-13-5-9)1-2-8(10)6-16(14)15/h1-5H,6H2,(H,12,13)(H,14,15)/p-1. The van der Waals surface area contributed by atoms with E-state index in [4.69, 9.17) is 11.6 Å². The van der Waals surface area contributed by atoms with E-state index in [0.717, 1.165) is 11.1 Å². The van der Waals surface area contributed by atoms with Crippen LogP contribution >= 0.6 is 11.6 Å². The molecule has 2 rings (SSSR count). The second kappa shape index (κ2) is 4.78. The molecule has 0 aliphatic rings. The molecule has 0 bridgehead atoms. The first kappa shape index (κ1) is 11.3. The Bertz CT molecular complexity index is 514. The lowest BCUT2D eigenvalue weighted by Gasteiger charge is -2.08. The van der Waals surface area contributed by atoms with Crippen LogP contribution in [0.25, 0.3) is 11.1 Å². The van der Waals surface area contributed by atoms with Crippen molar-refractivity contribution in [3.63, 3.8) is 0 Å². The van der Waals surface area contributed by atoms with Crippen molar-refractivity contribution >= 4 is 22.7 Å². The van der Waals surface area contributed by atoms with Crippen LogP contribution in [0.4, 0.5) is 0 Å². The average molecular weight is 256 g/mol. The highest BCUT2D eigenvalue weighted by molar-refractivity contribution is 7.78. The molecule has 0 saturated heterocycles. The molecule has 1 aromatic heterocycles. The van der Waals surface area contributed by atoms with Gasteiger partial charge in [0.1, 0.15) is 0 Å². The van der Waals surface area contributed by atoms with Crippen LogP contribution in [0.15, 0.2) is 30.6 Å². The van der Waals surface area contributed by atoms with E-state index in [1.807, 2.05) is 6.07 Å². The summed E-state index contributed by atoms with van der Waals surface area (Å²) < 4.78 is 21.1. The van der Waals surface area contributed by atoms with E-state index < -0.39 is 11.1 Å². The van der Waals surface area contributed by atoms with Gasteiger partial charge in [0.15, 0.2) is 0 Å². The fourth-order valence-corrected chi connectivity index (χ4v) is 2.21. The minimum atomic E-state index is -2.12. The Hall–Kier alpha value is -1.17. The van der Waals surface area contributed by atoms with Crippen molar-refractivity contribution in [3.05, 3.63) is 41.2 Å². The molecule has 0 spiro atoms. The number of H-pyrrole nitrogens is 1.